The molecule has 13 heteroatoms. The molecule has 4 aliphatic carbocycles. The number of fused-ring (bicyclic) bond motifs is 2. The van der Waals surface area contributed by atoms with E-state index in [1.165, 1.54) is 14.2 Å². The largest absolute Gasteiger partial charge is 0.460 e. The highest BCUT2D eigenvalue weighted by molar-refractivity contribution is 5.72. The van der Waals surface area contributed by atoms with Crippen LogP contribution in [0.4, 0.5) is 0 Å². The molecule has 0 aromatic heterocycles. The second kappa shape index (κ2) is 20.8. The summed E-state index contributed by atoms with van der Waals surface area (Å²) in [4.78, 5) is 49.9. The summed E-state index contributed by atoms with van der Waals surface area (Å²) < 4.78 is 50.1. The van der Waals surface area contributed by atoms with Gasteiger partial charge in [-0.25, -0.2) is 19.2 Å². The standard InChI is InChI=1S/C38H62O13/c1-7-23-15-29-27(35(23)48-31(39)19-43-5)17-25(9-3)37(29)50-33(41)21-46-13-11-45-12-14-47-22-34(42)51-38-26(10-4)18-28-30(38)16-24(8-2)36(28)49-32(40)20-44-6/h23-30,35-38H,7-22H2,1-6H3. The Morgan fingerprint density at radius 3 is 0.922 bits per heavy atom. The van der Waals surface area contributed by atoms with Crippen LogP contribution in [-0.2, 0) is 61.8 Å². The normalized spacial score (nSPS) is 33.8. The number of methoxy groups -OCH3 is 2. The van der Waals surface area contributed by atoms with Gasteiger partial charge in [-0.2, -0.15) is 0 Å². The van der Waals surface area contributed by atoms with Gasteiger partial charge in [0.15, 0.2) is 0 Å². The maximum Gasteiger partial charge on any atom is 0.332 e. The lowest BCUT2D eigenvalue weighted by Gasteiger charge is -2.25. The van der Waals surface area contributed by atoms with E-state index in [4.69, 9.17) is 42.6 Å². The number of esters is 4. The van der Waals surface area contributed by atoms with Crippen LogP contribution in [0.1, 0.15) is 79.1 Å². The lowest BCUT2D eigenvalue weighted by atomic mass is 9.92. The summed E-state index contributed by atoms with van der Waals surface area (Å²) in [5, 5.41) is 0. The summed E-state index contributed by atoms with van der Waals surface area (Å²) in [5.41, 5.74) is 0. The zero-order valence-corrected chi connectivity index (χ0v) is 31.5. The molecule has 292 valence electrons. The van der Waals surface area contributed by atoms with E-state index in [1.807, 2.05) is 0 Å². The van der Waals surface area contributed by atoms with Crippen molar-refractivity contribution < 1.29 is 61.8 Å². The van der Waals surface area contributed by atoms with E-state index in [0.29, 0.717) is 0 Å². The van der Waals surface area contributed by atoms with Gasteiger partial charge in [0.2, 0.25) is 0 Å². The van der Waals surface area contributed by atoms with E-state index in [9.17, 15) is 19.2 Å². The SMILES string of the molecule is CCC1CC2C(CC(CC)C2OC(=O)COCCOCCOCC(=O)OC2C(CC)CC3C2CC(CC)C3OC(=O)COC)C1OC(=O)COC. The van der Waals surface area contributed by atoms with E-state index >= 15 is 0 Å². The predicted octanol–water partition coefficient (Wildman–Crippen LogP) is 4.16. The fraction of sp³-hybridized carbons (Fsp3) is 0.895. The van der Waals surface area contributed by atoms with Crippen molar-refractivity contribution >= 4 is 23.9 Å². The fourth-order valence-corrected chi connectivity index (χ4v) is 9.50. The smallest absolute Gasteiger partial charge is 0.332 e. The van der Waals surface area contributed by atoms with E-state index in [1.54, 1.807) is 0 Å². The number of carbonyl (C=O) groups is 4. The van der Waals surface area contributed by atoms with Gasteiger partial charge in [-0.3, -0.25) is 0 Å². The van der Waals surface area contributed by atoms with Gasteiger partial charge in [-0.05, 0) is 75.0 Å². The zero-order valence-electron chi connectivity index (χ0n) is 31.5. The van der Waals surface area contributed by atoms with Crippen molar-refractivity contribution in [2.24, 2.45) is 47.3 Å². The van der Waals surface area contributed by atoms with E-state index < -0.39 is 11.9 Å². The molecule has 0 saturated heterocycles. The van der Waals surface area contributed by atoms with Crippen LogP contribution in [0.2, 0.25) is 0 Å². The van der Waals surface area contributed by atoms with Crippen LogP contribution in [0.5, 0.6) is 0 Å². The molecule has 4 fully saturated rings. The van der Waals surface area contributed by atoms with Gasteiger partial charge in [0.25, 0.3) is 0 Å². The summed E-state index contributed by atoms with van der Waals surface area (Å²) >= 11 is 0. The van der Waals surface area contributed by atoms with Gasteiger partial charge in [0, 0.05) is 37.9 Å². The Hall–Kier alpha value is -2.32. The molecule has 0 aromatic carbocycles. The highest BCUT2D eigenvalue weighted by Crippen LogP contribution is 2.54. The molecule has 4 rings (SSSR count). The number of ether oxygens (including phenoxy) is 9. The van der Waals surface area contributed by atoms with Gasteiger partial charge in [-0.1, -0.05) is 27.7 Å². The molecular formula is C38H62O13. The Labute approximate surface area is 303 Å². The van der Waals surface area contributed by atoms with Crippen molar-refractivity contribution in [3.05, 3.63) is 0 Å². The summed E-state index contributed by atoms with van der Waals surface area (Å²) in [6.45, 7) is 8.87. The van der Waals surface area contributed by atoms with Gasteiger partial charge in [0.1, 0.15) is 50.8 Å². The molecule has 0 aromatic rings. The first-order valence-electron chi connectivity index (χ1n) is 19.2. The van der Waals surface area contributed by atoms with Crippen molar-refractivity contribution in [2.75, 3.05) is 67.1 Å². The Balaban J connectivity index is 1.09. The molecule has 0 amide bonds. The van der Waals surface area contributed by atoms with E-state index in [0.717, 1.165) is 51.4 Å². The maximum absolute atomic E-state index is 12.7. The molecule has 0 N–H and O–H groups in total. The highest BCUT2D eigenvalue weighted by Gasteiger charge is 2.57. The second-order valence-corrected chi connectivity index (χ2v) is 14.7. The van der Waals surface area contributed by atoms with Crippen molar-refractivity contribution in [3.63, 3.8) is 0 Å². The average molecular weight is 727 g/mol. The Bertz CT molecular complexity index is 1030. The number of carbonyl (C=O) groups excluding carboxylic acids is 4. The monoisotopic (exact) mass is 726 g/mol. The van der Waals surface area contributed by atoms with Crippen LogP contribution in [0.25, 0.3) is 0 Å². The Morgan fingerprint density at radius 1 is 0.412 bits per heavy atom. The summed E-state index contributed by atoms with van der Waals surface area (Å²) in [6.07, 6.45) is 6.23. The molecule has 0 radical (unpaired) electrons. The Morgan fingerprint density at radius 2 is 0.667 bits per heavy atom. The van der Waals surface area contributed by atoms with Crippen molar-refractivity contribution in [1.29, 1.82) is 0 Å². The van der Waals surface area contributed by atoms with Gasteiger partial charge < -0.3 is 42.6 Å². The molecule has 0 spiro atoms. The van der Waals surface area contributed by atoms with Crippen LogP contribution < -0.4 is 0 Å². The first kappa shape index (κ1) is 41.4. The number of hydrogen-bond acceptors (Lipinski definition) is 13. The van der Waals surface area contributed by atoms with Crippen molar-refractivity contribution in [1.82, 2.24) is 0 Å². The molecule has 0 aliphatic heterocycles. The van der Waals surface area contributed by atoms with Crippen molar-refractivity contribution in [2.45, 2.75) is 103 Å². The first-order chi connectivity index (χ1) is 24.7. The van der Waals surface area contributed by atoms with Gasteiger partial charge in [0.05, 0.1) is 26.4 Å². The molecule has 4 saturated carbocycles. The highest BCUT2D eigenvalue weighted by atomic mass is 16.6. The van der Waals surface area contributed by atoms with Crippen LogP contribution >= 0.6 is 0 Å². The maximum atomic E-state index is 12.7. The Kier molecular flexibility index (Phi) is 16.9. The topological polar surface area (TPSA) is 151 Å². The molecule has 12 atom stereocenters. The lowest BCUT2D eigenvalue weighted by molar-refractivity contribution is -0.161. The lowest BCUT2D eigenvalue weighted by Crippen LogP contribution is -2.31. The van der Waals surface area contributed by atoms with Crippen LogP contribution in [0.15, 0.2) is 0 Å². The molecule has 51 heavy (non-hydrogen) atoms. The van der Waals surface area contributed by atoms with E-state index in [-0.39, 0.29) is 137 Å². The third kappa shape index (κ3) is 10.9. The number of hydrogen-bond donors (Lipinski definition) is 0. The summed E-state index contributed by atoms with van der Waals surface area (Å²) in [6, 6.07) is 0. The molecule has 4 aliphatic rings. The molecule has 0 heterocycles. The third-order valence-electron chi connectivity index (χ3n) is 11.8. The van der Waals surface area contributed by atoms with Crippen LogP contribution in [0.3, 0.4) is 0 Å². The van der Waals surface area contributed by atoms with Crippen LogP contribution in [0, 0.1) is 47.3 Å². The third-order valence-corrected chi connectivity index (χ3v) is 11.8. The van der Waals surface area contributed by atoms with Crippen molar-refractivity contribution in [3.8, 4) is 0 Å². The minimum Gasteiger partial charge on any atom is -0.460 e. The van der Waals surface area contributed by atoms with Gasteiger partial charge in [-0.15, -0.1) is 0 Å². The molecular weight excluding hydrogens is 664 g/mol. The average Bonchev–Trinajstić information content (AvgIpc) is 3.83. The van der Waals surface area contributed by atoms with Gasteiger partial charge >= 0.3 is 23.9 Å². The van der Waals surface area contributed by atoms with Crippen LogP contribution in [-0.4, -0.2) is 115 Å². The fourth-order valence-electron chi connectivity index (χ4n) is 9.50. The minimum atomic E-state index is -0.404. The predicted molar refractivity (Wildman–Crippen MR) is 183 cm³/mol. The zero-order chi connectivity index (χ0) is 36.9. The van der Waals surface area contributed by atoms with E-state index in [2.05, 4.69) is 27.7 Å². The molecule has 13 nitrogen and oxygen atoms in total. The second-order valence-electron chi connectivity index (χ2n) is 14.7. The summed E-state index contributed by atoms with van der Waals surface area (Å²) in [7, 11) is 2.96. The summed E-state index contributed by atoms with van der Waals surface area (Å²) in [5.74, 6) is 0.0811. The minimum absolute atomic E-state index is 0.0667. The molecule has 0 bridgehead atoms. The first-order valence-corrected chi connectivity index (χ1v) is 19.2. The quantitative estimate of drug-likeness (QED) is 0.0893. The number of rotatable bonds is 22. The molecule has 12 unspecified atom stereocenters.